The lowest BCUT2D eigenvalue weighted by molar-refractivity contribution is -0.127. The van der Waals surface area contributed by atoms with Gasteiger partial charge in [-0.2, -0.15) is 11.8 Å². The molecule has 0 aliphatic heterocycles. The number of carbonyl (C=O) groups is 1. The van der Waals surface area contributed by atoms with Crippen molar-refractivity contribution in [3.8, 4) is 5.75 Å². The fourth-order valence-corrected chi connectivity index (χ4v) is 4.09. The Morgan fingerprint density at radius 3 is 2.78 bits per heavy atom. The molecular formula is C19H29NO2S. The first-order chi connectivity index (χ1) is 11.1. The van der Waals surface area contributed by atoms with E-state index in [1.54, 1.807) is 0 Å². The molecule has 1 atom stereocenters. The molecular weight excluding hydrogens is 306 g/mol. The van der Waals surface area contributed by atoms with Crippen molar-refractivity contribution in [2.45, 2.75) is 64.2 Å². The molecule has 1 unspecified atom stereocenters. The Bertz CT molecular complexity index is 512. The Hall–Kier alpha value is -1.16. The molecule has 3 nitrogen and oxygen atoms in total. The van der Waals surface area contributed by atoms with Crippen molar-refractivity contribution in [1.82, 2.24) is 5.32 Å². The molecule has 1 amide bonds. The topological polar surface area (TPSA) is 38.3 Å². The van der Waals surface area contributed by atoms with Crippen LogP contribution in [0.4, 0.5) is 0 Å². The van der Waals surface area contributed by atoms with Gasteiger partial charge in [0.05, 0.1) is 0 Å². The van der Waals surface area contributed by atoms with Crippen LogP contribution in [0.15, 0.2) is 18.2 Å². The number of amides is 1. The summed E-state index contributed by atoms with van der Waals surface area (Å²) in [5, 5.41) is 3.79. The molecule has 0 aromatic heterocycles. The zero-order valence-electron chi connectivity index (χ0n) is 14.6. The van der Waals surface area contributed by atoms with E-state index < -0.39 is 6.10 Å². The number of aryl methyl sites for hydroxylation is 1. The zero-order chi connectivity index (χ0) is 16.7. The van der Waals surface area contributed by atoms with Crippen LogP contribution in [-0.4, -0.2) is 29.6 Å². The van der Waals surface area contributed by atoms with Gasteiger partial charge in [0.25, 0.3) is 5.91 Å². The average molecular weight is 336 g/mol. The van der Waals surface area contributed by atoms with Crippen LogP contribution in [-0.2, 0) is 4.79 Å². The summed E-state index contributed by atoms with van der Waals surface area (Å²) in [4.78, 5) is 12.1. The summed E-state index contributed by atoms with van der Waals surface area (Å²) in [5.41, 5.74) is 2.28. The number of ether oxygens (including phenoxy) is 1. The second kappa shape index (κ2) is 9.21. The Kier molecular flexibility index (Phi) is 7.28. The van der Waals surface area contributed by atoms with Crippen LogP contribution in [0.2, 0.25) is 0 Å². The van der Waals surface area contributed by atoms with E-state index in [0.29, 0.717) is 0 Å². The summed E-state index contributed by atoms with van der Waals surface area (Å²) in [7, 11) is 0. The van der Waals surface area contributed by atoms with Crippen molar-refractivity contribution in [2.24, 2.45) is 0 Å². The van der Waals surface area contributed by atoms with Crippen LogP contribution in [0.25, 0.3) is 0 Å². The molecule has 0 radical (unpaired) electrons. The third-order valence-corrected chi connectivity index (χ3v) is 5.92. The molecule has 23 heavy (non-hydrogen) atoms. The quantitative estimate of drug-likeness (QED) is 0.757. The first kappa shape index (κ1) is 18.2. The van der Waals surface area contributed by atoms with Crippen molar-refractivity contribution in [1.29, 1.82) is 0 Å². The molecule has 1 aromatic carbocycles. The molecule has 2 rings (SSSR count). The number of nitrogens with one attached hydrogen (secondary N) is 1. The number of rotatable bonds is 7. The van der Waals surface area contributed by atoms with E-state index in [1.165, 1.54) is 37.7 Å². The monoisotopic (exact) mass is 335 g/mol. The highest BCUT2D eigenvalue weighted by Crippen LogP contribution is 2.27. The zero-order valence-corrected chi connectivity index (χ0v) is 15.4. The lowest BCUT2D eigenvalue weighted by atomic mass is 10.0. The summed E-state index contributed by atoms with van der Waals surface area (Å²) in [6.07, 6.45) is 6.33. The van der Waals surface area contributed by atoms with E-state index >= 15 is 0 Å². The normalized spacial score (nSPS) is 16.8. The van der Waals surface area contributed by atoms with E-state index in [9.17, 15) is 4.79 Å². The second-order valence-electron chi connectivity index (χ2n) is 6.38. The summed E-state index contributed by atoms with van der Waals surface area (Å²) >= 11 is 2.00. The van der Waals surface area contributed by atoms with Gasteiger partial charge in [0.1, 0.15) is 5.75 Å². The van der Waals surface area contributed by atoms with Crippen LogP contribution in [0.3, 0.4) is 0 Å². The molecule has 1 aliphatic rings. The summed E-state index contributed by atoms with van der Waals surface area (Å²) in [6.45, 7) is 6.61. The highest BCUT2D eigenvalue weighted by molar-refractivity contribution is 7.99. The van der Waals surface area contributed by atoms with Gasteiger partial charge < -0.3 is 10.1 Å². The van der Waals surface area contributed by atoms with Crippen LogP contribution in [0.5, 0.6) is 5.75 Å². The largest absolute Gasteiger partial charge is 0.481 e. The van der Waals surface area contributed by atoms with Gasteiger partial charge in [-0.3, -0.25) is 4.79 Å². The predicted molar refractivity (Wildman–Crippen MR) is 98.3 cm³/mol. The van der Waals surface area contributed by atoms with Crippen molar-refractivity contribution in [3.05, 3.63) is 29.3 Å². The maximum absolute atomic E-state index is 12.1. The fraction of sp³-hybridized carbons (Fsp3) is 0.632. The maximum Gasteiger partial charge on any atom is 0.260 e. The minimum Gasteiger partial charge on any atom is -0.481 e. The highest BCUT2D eigenvalue weighted by atomic mass is 32.2. The maximum atomic E-state index is 12.1. The van der Waals surface area contributed by atoms with Crippen LogP contribution >= 0.6 is 11.8 Å². The first-order valence-corrected chi connectivity index (χ1v) is 9.75. The molecule has 0 spiro atoms. The SMILES string of the molecule is Cc1cccc(OC(C)C(=O)NCCSC2CCCCC2)c1C. The number of hydrogen-bond donors (Lipinski definition) is 1. The van der Waals surface area contributed by atoms with Crippen LogP contribution in [0.1, 0.15) is 50.2 Å². The van der Waals surface area contributed by atoms with Gasteiger partial charge in [0, 0.05) is 17.5 Å². The molecule has 1 N–H and O–H groups in total. The fourth-order valence-electron chi connectivity index (χ4n) is 2.87. The molecule has 0 heterocycles. The molecule has 4 heteroatoms. The summed E-state index contributed by atoms with van der Waals surface area (Å²) in [6, 6.07) is 5.93. The molecule has 1 aliphatic carbocycles. The first-order valence-electron chi connectivity index (χ1n) is 8.70. The van der Waals surface area contributed by atoms with Gasteiger partial charge in [-0.15, -0.1) is 0 Å². The van der Waals surface area contributed by atoms with Gasteiger partial charge in [0.15, 0.2) is 6.10 Å². The third kappa shape index (κ3) is 5.76. The molecule has 0 saturated heterocycles. The van der Waals surface area contributed by atoms with Gasteiger partial charge in [-0.25, -0.2) is 0 Å². The second-order valence-corrected chi connectivity index (χ2v) is 7.79. The van der Waals surface area contributed by atoms with E-state index in [0.717, 1.165) is 28.9 Å². The lowest BCUT2D eigenvalue weighted by Crippen LogP contribution is -2.37. The Balaban J connectivity index is 1.69. The minimum atomic E-state index is -0.463. The Morgan fingerprint density at radius 2 is 2.04 bits per heavy atom. The minimum absolute atomic E-state index is 0.0323. The van der Waals surface area contributed by atoms with E-state index in [-0.39, 0.29) is 5.91 Å². The number of benzene rings is 1. The predicted octanol–water partition coefficient (Wildman–Crippen LogP) is 4.25. The number of carbonyl (C=O) groups excluding carboxylic acids is 1. The van der Waals surface area contributed by atoms with Gasteiger partial charge in [0.2, 0.25) is 0 Å². The summed E-state index contributed by atoms with van der Waals surface area (Å²) < 4.78 is 5.82. The molecule has 0 bridgehead atoms. The van der Waals surface area contributed by atoms with Gasteiger partial charge in [-0.1, -0.05) is 31.4 Å². The molecule has 1 aromatic rings. The van der Waals surface area contributed by atoms with Gasteiger partial charge in [-0.05, 0) is 50.8 Å². The van der Waals surface area contributed by atoms with Crippen molar-refractivity contribution in [3.63, 3.8) is 0 Å². The Labute approximate surface area is 144 Å². The van der Waals surface area contributed by atoms with Gasteiger partial charge >= 0.3 is 0 Å². The van der Waals surface area contributed by atoms with Crippen LogP contribution in [0, 0.1) is 13.8 Å². The highest BCUT2D eigenvalue weighted by Gasteiger charge is 2.17. The third-order valence-electron chi connectivity index (χ3n) is 4.53. The van der Waals surface area contributed by atoms with Crippen molar-refractivity contribution in [2.75, 3.05) is 12.3 Å². The summed E-state index contributed by atoms with van der Waals surface area (Å²) in [5.74, 6) is 1.76. The smallest absolute Gasteiger partial charge is 0.260 e. The lowest BCUT2D eigenvalue weighted by Gasteiger charge is -2.21. The molecule has 1 saturated carbocycles. The standard InChI is InChI=1S/C19H29NO2S/c1-14-8-7-11-18(15(14)2)22-16(3)19(21)20-12-13-23-17-9-5-4-6-10-17/h7-8,11,16-17H,4-6,9-10,12-13H2,1-3H3,(H,20,21). The average Bonchev–Trinajstić information content (AvgIpc) is 2.56. The number of hydrogen-bond acceptors (Lipinski definition) is 3. The Morgan fingerprint density at radius 1 is 1.30 bits per heavy atom. The van der Waals surface area contributed by atoms with Crippen molar-refractivity contribution < 1.29 is 9.53 Å². The van der Waals surface area contributed by atoms with E-state index in [1.807, 2.05) is 37.7 Å². The molecule has 128 valence electrons. The van der Waals surface area contributed by atoms with E-state index in [2.05, 4.69) is 18.3 Å². The molecule has 1 fully saturated rings. The number of thioether (sulfide) groups is 1. The van der Waals surface area contributed by atoms with Crippen molar-refractivity contribution >= 4 is 17.7 Å². The van der Waals surface area contributed by atoms with E-state index in [4.69, 9.17) is 4.74 Å². The van der Waals surface area contributed by atoms with Crippen LogP contribution < -0.4 is 10.1 Å².